The lowest BCUT2D eigenvalue weighted by Gasteiger charge is -2.10. The maximum atomic E-state index is 10.5. The van der Waals surface area contributed by atoms with Crippen molar-refractivity contribution >= 4 is 5.97 Å². The lowest BCUT2D eigenvalue weighted by atomic mass is 10.1. The molecule has 1 aromatic carbocycles. The molecular weight excluding hydrogens is 242 g/mol. The molecule has 0 saturated heterocycles. The number of carboxylic acid groups (broad SMARTS) is 1. The Hall–Kier alpha value is -2.17. The number of aryl methyl sites for hydroxylation is 3. The maximum absolute atomic E-state index is 10.5. The van der Waals surface area contributed by atoms with Crippen LogP contribution in [0.3, 0.4) is 0 Å². The SMILES string of the molecule is CCc1cccc(C)c1-n1cc(CCC(=O)O)nn1. The van der Waals surface area contributed by atoms with Crippen LogP contribution in [0, 0.1) is 6.92 Å². The van der Waals surface area contributed by atoms with E-state index >= 15 is 0 Å². The van der Waals surface area contributed by atoms with Crippen LogP contribution in [0.25, 0.3) is 5.69 Å². The molecule has 5 heteroatoms. The molecule has 5 nitrogen and oxygen atoms in total. The lowest BCUT2D eigenvalue weighted by Crippen LogP contribution is -2.02. The minimum atomic E-state index is -0.820. The molecule has 0 atom stereocenters. The summed E-state index contributed by atoms with van der Waals surface area (Å²) < 4.78 is 1.74. The van der Waals surface area contributed by atoms with Gasteiger partial charge in [-0.05, 0) is 24.5 Å². The first-order chi connectivity index (χ1) is 9.11. The van der Waals surface area contributed by atoms with E-state index in [1.807, 2.05) is 25.3 Å². The van der Waals surface area contributed by atoms with E-state index in [0.29, 0.717) is 12.1 Å². The van der Waals surface area contributed by atoms with Crippen molar-refractivity contribution in [1.82, 2.24) is 15.0 Å². The second kappa shape index (κ2) is 5.65. The van der Waals surface area contributed by atoms with Gasteiger partial charge in [-0.25, -0.2) is 4.68 Å². The van der Waals surface area contributed by atoms with E-state index < -0.39 is 5.97 Å². The molecule has 0 fully saturated rings. The fraction of sp³-hybridized carbons (Fsp3) is 0.357. The van der Waals surface area contributed by atoms with Crippen molar-refractivity contribution in [3.63, 3.8) is 0 Å². The Balaban J connectivity index is 2.30. The van der Waals surface area contributed by atoms with E-state index in [9.17, 15) is 4.79 Å². The van der Waals surface area contributed by atoms with Gasteiger partial charge in [-0.1, -0.05) is 30.3 Å². The molecule has 19 heavy (non-hydrogen) atoms. The van der Waals surface area contributed by atoms with E-state index in [-0.39, 0.29) is 6.42 Å². The molecule has 0 unspecified atom stereocenters. The summed E-state index contributed by atoms with van der Waals surface area (Å²) in [5.41, 5.74) is 4.08. The largest absolute Gasteiger partial charge is 0.481 e. The summed E-state index contributed by atoms with van der Waals surface area (Å²) in [5, 5.41) is 16.8. The summed E-state index contributed by atoms with van der Waals surface area (Å²) >= 11 is 0. The average Bonchev–Trinajstić information content (AvgIpc) is 2.84. The number of rotatable bonds is 5. The van der Waals surface area contributed by atoms with Gasteiger partial charge in [-0.15, -0.1) is 5.10 Å². The van der Waals surface area contributed by atoms with Crippen LogP contribution in [-0.4, -0.2) is 26.1 Å². The van der Waals surface area contributed by atoms with E-state index in [2.05, 4.69) is 23.3 Å². The third kappa shape index (κ3) is 2.99. The highest BCUT2D eigenvalue weighted by Gasteiger charge is 2.10. The zero-order valence-corrected chi connectivity index (χ0v) is 11.1. The number of hydrogen-bond acceptors (Lipinski definition) is 3. The van der Waals surface area contributed by atoms with Crippen LogP contribution in [0.4, 0.5) is 0 Å². The summed E-state index contributed by atoms with van der Waals surface area (Å²) in [4.78, 5) is 10.5. The number of benzene rings is 1. The zero-order valence-electron chi connectivity index (χ0n) is 11.1. The van der Waals surface area contributed by atoms with Gasteiger partial charge in [0.05, 0.1) is 24.0 Å². The van der Waals surface area contributed by atoms with E-state index in [1.165, 1.54) is 5.56 Å². The maximum Gasteiger partial charge on any atom is 0.303 e. The Morgan fingerprint density at radius 1 is 1.42 bits per heavy atom. The quantitative estimate of drug-likeness (QED) is 0.893. The minimum absolute atomic E-state index is 0.0765. The number of carbonyl (C=O) groups is 1. The minimum Gasteiger partial charge on any atom is -0.481 e. The molecule has 2 rings (SSSR count). The normalized spacial score (nSPS) is 10.6. The average molecular weight is 259 g/mol. The van der Waals surface area contributed by atoms with Crippen molar-refractivity contribution in [2.24, 2.45) is 0 Å². The van der Waals surface area contributed by atoms with Gasteiger partial charge in [-0.3, -0.25) is 4.79 Å². The zero-order chi connectivity index (χ0) is 13.8. The summed E-state index contributed by atoms with van der Waals surface area (Å²) in [6, 6.07) is 6.13. The molecule has 0 bridgehead atoms. The molecule has 0 saturated carbocycles. The molecule has 1 heterocycles. The number of hydrogen-bond donors (Lipinski definition) is 1. The Bertz CT molecular complexity index is 590. The monoisotopic (exact) mass is 259 g/mol. The van der Waals surface area contributed by atoms with Gasteiger partial charge in [0.25, 0.3) is 0 Å². The molecule has 0 aliphatic carbocycles. The molecule has 0 spiro atoms. The molecule has 2 aromatic rings. The number of nitrogens with zero attached hydrogens (tertiary/aromatic N) is 3. The van der Waals surface area contributed by atoms with Crippen LogP contribution in [0.2, 0.25) is 0 Å². The molecule has 1 aromatic heterocycles. The fourth-order valence-corrected chi connectivity index (χ4v) is 2.09. The van der Waals surface area contributed by atoms with Crippen LogP contribution in [0.5, 0.6) is 0 Å². The van der Waals surface area contributed by atoms with Crippen molar-refractivity contribution in [2.75, 3.05) is 0 Å². The van der Waals surface area contributed by atoms with Gasteiger partial charge in [0.15, 0.2) is 0 Å². The first-order valence-corrected chi connectivity index (χ1v) is 6.33. The summed E-state index contributed by atoms with van der Waals surface area (Å²) in [6.07, 6.45) is 3.21. The number of para-hydroxylation sites is 1. The Morgan fingerprint density at radius 3 is 2.89 bits per heavy atom. The van der Waals surface area contributed by atoms with Gasteiger partial charge < -0.3 is 5.11 Å². The fourth-order valence-electron chi connectivity index (χ4n) is 2.09. The second-order valence-electron chi connectivity index (χ2n) is 4.48. The molecule has 1 N–H and O–H groups in total. The Kier molecular flexibility index (Phi) is 3.94. The molecule has 0 aliphatic rings. The highest BCUT2D eigenvalue weighted by atomic mass is 16.4. The van der Waals surface area contributed by atoms with Gasteiger partial charge in [0.1, 0.15) is 0 Å². The van der Waals surface area contributed by atoms with Gasteiger partial charge in [-0.2, -0.15) is 0 Å². The predicted molar refractivity (Wildman–Crippen MR) is 71.4 cm³/mol. The third-order valence-corrected chi connectivity index (χ3v) is 3.07. The summed E-state index contributed by atoms with van der Waals surface area (Å²) in [7, 11) is 0. The summed E-state index contributed by atoms with van der Waals surface area (Å²) in [6.45, 7) is 4.13. The Morgan fingerprint density at radius 2 is 2.21 bits per heavy atom. The third-order valence-electron chi connectivity index (χ3n) is 3.07. The van der Waals surface area contributed by atoms with Crippen LogP contribution in [0.15, 0.2) is 24.4 Å². The highest BCUT2D eigenvalue weighted by molar-refractivity contribution is 5.66. The molecule has 0 aliphatic heterocycles. The van der Waals surface area contributed by atoms with Crippen LogP contribution >= 0.6 is 0 Å². The summed E-state index contributed by atoms with van der Waals surface area (Å²) in [5.74, 6) is -0.820. The first kappa shape index (κ1) is 13.3. The Labute approximate surface area is 111 Å². The predicted octanol–water partition coefficient (Wildman–Crippen LogP) is 2.16. The molecule has 0 radical (unpaired) electrons. The first-order valence-electron chi connectivity index (χ1n) is 6.33. The van der Waals surface area contributed by atoms with Crippen molar-refractivity contribution in [2.45, 2.75) is 33.1 Å². The molecule has 100 valence electrons. The number of carboxylic acids is 1. The van der Waals surface area contributed by atoms with Crippen LogP contribution < -0.4 is 0 Å². The van der Waals surface area contributed by atoms with Crippen LogP contribution in [-0.2, 0) is 17.6 Å². The van der Waals surface area contributed by atoms with Crippen molar-refractivity contribution in [3.8, 4) is 5.69 Å². The van der Waals surface area contributed by atoms with Crippen molar-refractivity contribution in [1.29, 1.82) is 0 Å². The number of aromatic nitrogens is 3. The standard InChI is InChI=1S/C14H17N3O2/c1-3-11-6-4-5-10(2)14(11)17-9-12(15-16-17)7-8-13(18)19/h4-6,9H,3,7-8H2,1-2H3,(H,18,19). The van der Waals surface area contributed by atoms with Gasteiger partial charge >= 0.3 is 5.97 Å². The van der Waals surface area contributed by atoms with Gasteiger partial charge in [0.2, 0.25) is 0 Å². The van der Waals surface area contributed by atoms with E-state index in [1.54, 1.807) is 4.68 Å². The number of aliphatic carboxylic acids is 1. The van der Waals surface area contributed by atoms with E-state index in [4.69, 9.17) is 5.11 Å². The molecule has 0 amide bonds. The lowest BCUT2D eigenvalue weighted by molar-refractivity contribution is -0.136. The van der Waals surface area contributed by atoms with Crippen molar-refractivity contribution < 1.29 is 9.90 Å². The van der Waals surface area contributed by atoms with Gasteiger partial charge in [0, 0.05) is 6.42 Å². The second-order valence-corrected chi connectivity index (χ2v) is 4.48. The topological polar surface area (TPSA) is 68.0 Å². The molecular formula is C14H17N3O2. The highest BCUT2D eigenvalue weighted by Crippen LogP contribution is 2.19. The van der Waals surface area contributed by atoms with Crippen LogP contribution in [0.1, 0.15) is 30.2 Å². The smallest absolute Gasteiger partial charge is 0.303 e. The van der Waals surface area contributed by atoms with E-state index in [0.717, 1.165) is 17.7 Å². The van der Waals surface area contributed by atoms with Crippen molar-refractivity contribution in [3.05, 3.63) is 41.2 Å².